The number of nitrogens with zero attached hydrogens (tertiary/aromatic N) is 1. The quantitative estimate of drug-likeness (QED) is 0.662. The largest absolute Gasteiger partial charge is 0.338 e. The molecule has 1 N–H and O–H groups in total. The molecular formula is C13H6ClF3N2. The predicted molar refractivity (Wildman–Crippen MR) is 66.4 cm³/mol. The minimum absolute atomic E-state index is 0.0968. The Balaban J connectivity index is 2.25. The molecule has 0 saturated heterocycles. The van der Waals surface area contributed by atoms with Gasteiger partial charge in [0.05, 0.1) is 16.1 Å². The van der Waals surface area contributed by atoms with E-state index in [1.807, 2.05) is 0 Å². The van der Waals surface area contributed by atoms with Crippen molar-refractivity contribution >= 4 is 22.6 Å². The number of halogens is 4. The van der Waals surface area contributed by atoms with Gasteiger partial charge in [-0.3, -0.25) is 0 Å². The fourth-order valence-electron chi connectivity index (χ4n) is 1.83. The average molecular weight is 283 g/mol. The maximum absolute atomic E-state index is 13.7. The number of aromatic nitrogens is 2. The first kappa shape index (κ1) is 12.0. The molecule has 0 aliphatic heterocycles. The molecule has 0 fully saturated rings. The first-order chi connectivity index (χ1) is 9.08. The molecule has 0 aliphatic carbocycles. The van der Waals surface area contributed by atoms with Gasteiger partial charge in [-0.1, -0.05) is 17.7 Å². The Bertz CT molecular complexity index is 783. The second kappa shape index (κ2) is 4.28. The number of benzene rings is 2. The van der Waals surface area contributed by atoms with Gasteiger partial charge in [0.1, 0.15) is 11.3 Å². The molecule has 6 heteroatoms. The molecular weight excluding hydrogens is 277 g/mol. The van der Waals surface area contributed by atoms with Gasteiger partial charge in [0.25, 0.3) is 0 Å². The Hall–Kier alpha value is -2.01. The van der Waals surface area contributed by atoms with E-state index in [1.54, 1.807) is 18.2 Å². The van der Waals surface area contributed by atoms with Crippen LogP contribution in [-0.2, 0) is 0 Å². The smallest absolute Gasteiger partial charge is 0.195 e. The van der Waals surface area contributed by atoms with Gasteiger partial charge in [0, 0.05) is 0 Å². The molecule has 0 bridgehead atoms. The SMILES string of the molecule is Fc1ccc(-c2nc3c(Cl)cccc3[nH]2)c(F)c1F. The number of fused-ring (bicyclic) bond motifs is 1. The Morgan fingerprint density at radius 1 is 1.00 bits per heavy atom. The summed E-state index contributed by atoms with van der Waals surface area (Å²) in [6.45, 7) is 0. The summed E-state index contributed by atoms with van der Waals surface area (Å²) < 4.78 is 39.7. The van der Waals surface area contributed by atoms with E-state index in [-0.39, 0.29) is 11.4 Å². The van der Waals surface area contributed by atoms with Crippen LogP contribution in [0.25, 0.3) is 22.4 Å². The number of para-hydroxylation sites is 1. The van der Waals surface area contributed by atoms with Crippen LogP contribution in [0.3, 0.4) is 0 Å². The Morgan fingerprint density at radius 3 is 2.53 bits per heavy atom. The average Bonchev–Trinajstić information content (AvgIpc) is 2.81. The summed E-state index contributed by atoms with van der Waals surface area (Å²) in [6, 6.07) is 7.02. The molecule has 0 atom stereocenters. The highest BCUT2D eigenvalue weighted by atomic mass is 35.5. The van der Waals surface area contributed by atoms with E-state index in [4.69, 9.17) is 11.6 Å². The van der Waals surface area contributed by atoms with Gasteiger partial charge in [-0.15, -0.1) is 0 Å². The van der Waals surface area contributed by atoms with E-state index in [0.717, 1.165) is 12.1 Å². The lowest BCUT2D eigenvalue weighted by Crippen LogP contribution is -1.94. The summed E-state index contributed by atoms with van der Waals surface area (Å²) in [4.78, 5) is 6.91. The Kier molecular flexibility index (Phi) is 2.71. The van der Waals surface area contributed by atoms with Crippen LogP contribution >= 0.6 is 11.6 Å². The summed E-state index contributed by atoms with van der Waals surface area (Å²) in [5.74, 6) is -3.95. The van der Waals surface area contributed by atoms with Gasteiger partial charge in [-0.2, -0.15) is 0 Å². The molecule has 0 spiro atoms. The summed E-state index contributed by atoms with van der Waals surface area (Å²) in [7, 11) is 0. The van der Waals surface area contributed by atoms with E-state index in [2.05, 4.69) is 9.97 Å². The molecule has 3 aromatic rings. The molecule has 1 heterocycles. The van der Waals surface area contributed by atoms with Crippen LogP contribution in [0.5, 0.6) is 0 Å². The normalized spacial score (nSPS) is 11.2. The maximum Gasteiger partial charge on any atom is 0.195 e. The first-order valence-electron chi connectivity index (χ1n) is 5.36. The van der Waals surface area contributed by atoms with Gasteiger partial charge in [0.15, 0.2) is 17.5 Å². The zero-order chi connectivity index (χ0) is 13.6. The highest BCUT2D eigenvalue weighted by Gasteiger charge is 2.17. The van der Waals surface area contributed by atoms with Crippen molar-refractivity contribution in [3.05, 3.63) is 52.8 Å². The second-order valence-corrected chi connectivity index (χ2v) is 4.35. The molecule has 0 saturated carbocycles. The van der Waals surface area contributed by atoms with Crippen molar-refractivity contribution in [1.82, 2.24) is 9.97 Å². The zero-order valence-electron chi connectivity index (χ0n) is 9.35. The molecule has 2 aromatic carbocycles. The van der Waals surface area contributed by atoms with Gasteiger partial charge in [-0.25, -0.2) is 18.2 Å². The summed E-state index contributed by atoms with van der Waals surface area (Å²) >= 11 is 5.94. The van der Waals surface area contributed by atoms with Crippen molar-refractivity contribution in [2.75, 3.05) is 0 Å². The molecule has 0 radical (unpaired) electrons. The van der Waals surface area contributed by atoms with Crippen molar-refractivity contribution in [2.24, 2.45) is 0 Å². The van der Waals surface area contributed by atoms with E-state index >= 15 is 0 Å². The maximum atomic E-state index is 13.7. The number of nitrogens with one attached hydrogen (secondary N) is 1. The second-order valence-electron chi connectivity index (χ2n) is 3.94. The number of hydrogen-bond acceptors (Lipinski definition) is 1. The predicted octanol–water partition coefficient (Wildman–Crippen LogP) is 4.30. The third-order valence-electron chi connectivity index (χ3n) is 2.75. The summed E-state index contributed by atoms with van der Waals surface area (Å²) in [6.07, 6.45) is 0. The lowest BCUT2D eigenvalue weighted by molar-refractivity contribution is 0.448. The number of hydrogen-bond donors (Lipinski definition) is 1. The summed E-state index contributed by atoms with van der Waals surface area (Å²) in [5.41, 5.74) is 0.890. The van der Waals surface area contributed by atoms with Gasteiger partial charge >= 0.3 is 0 Å². The minimum atomic E-state index is -1.52. The van der Waals surface area contributed by atoms with Crippen molar-refractivity contribution in [3.8, 4) is 11.4 Å². The third-order valence-corrected chi connectivity index (χ3v) is 3.06. The van der Waals surface area contributed by atoms with E-state index in [1.165, 1.54) is 0 Å². The van der Waals surface area contributed by atoms with E-state index in [9.17, 15) is 13.2 Å². The van der Waals surface area contributed by atoms with Crippen LogP contribution in [0.2, 0.25) is 5.02 Å². The van der Waals surface area contributed by atoms with Gasteiger partial charge < -0.3 is 4.98 Å². The van der Waals surface area contributed by atoms with E-state index in [0.29, 0.717) is 16.1 Å². The van der Waals surface area contributed by atoms with Crippen LogP contribution in [0.1, 0.15) is 0 Å². The van der Waals surface area contributed by atoms with Crippen molar-refractivity contribution in [1.29, 1.82) is 0 Å². The lowest BCUT2D eigenvalue weighted by atomic mass is 10.2. The summed E-state index contributed by atoms with van der Waals surface area (Å²) in [5, 5.41) is 0.392. The van der Waals surface area contributed by atoms with Gasteiger partial charge in [0.2, 0.25) is 0 Å². The molecule has 3 rings (SSSR count). The molecule has 0 unspecified atom stereocenters. The highest BCUT2D eigenvalue weighted by molar-refractivity contribution is 6.34. The van der Waals surface area contributed by atoms with Gasteiger partial charge in [-0.05, 0) is 24.3 Å². The van der Waals surface area contributed by atoms with Crippen LogP contribution in [0.4, 0.5) is 13.2 Å². The topological polar surface area (TPSA) is 28.7 Å². The lowest BCUT2D eigenvalue weighted by Gasteiger charge is -2.00. The molecule has 0 aliphatic rings. The van der Waals surface area contributed by atoms with Crippen molar-refractivity contribution in [2.45, 2.75) is 0 Å². The molecule has 19 heavy (non-hydrogen) atoms. The van der Waals surface area contributed by atoms with E-state index < -0.39 is 17.5 Å². The van der Waals surface area contributed by atoms with Crippen LogP contribution in [0.15, 0.2) is 30.3 Å². The Morgan fingerprint density at radius 2 is 1.79 bits per heavy atom. The molecule has 0 amide bonds. The standard InChI is InChI=1S/C13H6ClF3N2/c14-7-2-1-3-9-12(7)19-13(18-9)6-4-5-8(15)11(17)10(6)16/h1-5H,(H,18,19). The van der Waals surface area contributed by atoms with Crippen molar-refractivity contribution in [3.63, 3.8) is 0 Å². The molecule has 96 valence electrons. The van der Waals surface area contributed by atoms with Crippen molar-refractivity contribution < 1.29 is 13.2 Å². The number of rotatable bonds is 1. The first-order valence-corrected chi connectivity index (χ1v) is 5.74. The fraction of sp³-hybridized carbons (Fsp3) is 0. The van der Waals surface area contributed by atoms with Crippen LogP contribution in [-0.4, -0.2) is 9.97 Å². The zero-order valence-corrected chi connectivity index (χ0v) is 10.1. The third kappa shape index (κ3) is 1.86. The van der Waals surface area contributed by atoms with Crippen LogP contribution < -0.4 is 0 Å². The minimum Gasteiger partial charge on any atom is -0.338 e. The Labute approximate surface area is 110 Å². The number of aromatic amines is 1. The van der Waals surface area contributed by atoms with Crippen LogP contribution in [0, 0.1) is 17.5 Å². The monoisotopic (exact) mass is 282 g/mol. The number of imidazole rings is 1. The molecule has 2 nitrogen and oxygen atoms in total. The highest BCUT2D eigenvalue weighted by Crippen LogP contribution is 2.28. The number of H-pyrrole nitrogens is 1. The fourth-order valence-corrected chi connectivity index (χ4v) is 2.05. The molecule has 1 aromatic heterocycles.